The van der Waals surface area contributed by atoms with E-state index in [0.717, 1.165) is 18.4 Å². The summed E-state index contributed by atoms with van der Waals surface area (Å²) in [6, 6.07) is 6.66. The predicted molar refractivity (Wildman–Crippen MR) is 109 cm³/mol. The molecule has 3 rings (SSSR count). The van der Waals surface area contributed by atoms with Crippen molar-refractivity contribution in [1.82, 2.24) is 15.5 Å². The van der Waals surface area contributed by atoms with Crippen LogP contribution in [-0.2, 0) is 14.3 Å². The molecule has 2 fully saturated rings. The van der Waals surface area contributed by atoms with Gasteiger partial charge in [0, 0.05) is 38.2 Å². The van der Waals surface area contributed by atoms with Crippen molar-refractivity contribution in [3.63, 3.8) is 0 Å². The van der Waals surface area contributed by atoms with Crippen molar-refractivity contribution >= 4 is 17.7 Å². The van der Waals surface area contributed by atoms with Crippen LogP contribution in [0, 0.1) is 18.8 Å². The van der Waals surface area contributed by atoms with Crippen LogP contribution < -0.4 is 10.6 Å². The summed E-state index contributed by atoms with van der Waals surface area (Å²) in [6.45, 7) is 4.05. The molecule has 1 atom stereocenters. The average molecular weight is 402 g/mol. The molecule has 0 radical (unpaired) electrons. The van der Waals surface area contributed by atoms with Crippen LogP contribution in [-0.4, -0.2) is 62.0 Å². The Hall–Kier alpha value is -2.41. The lowest BCUT2D eigenvalue weighted by molar-refractivity contribution is -0.134. The normalized spacial score (nSPS) is 18.2. The van der Waals surface area contributed by atoms with Gasteiger partial charge in [-0.25, -0.2) is 0 Å². The highest BCUT2D eigenvalue weighted by Gasteiger charge is 2.38. The Labute approximate surface area is 172 Å². The van der Waals surface area contributed by atoms with Gasteiger partial charge in [-0.1, -0.05) is 17.7 Å². The average Bonchev–Trinajstić information content (AvgIpc) is 3.57. The molecule has 158 valence electrons. The molecule has 1 saturated carbocycles. The molecule has 2 N–H and O–H groups in total. The number of amides is 3. The van der Waals surface area contributed by atoms with E-state index in [-0.39, 0.29) is 29.6 Å². The Balaban J connectivity index is 1.64. The van der Waals surface area contributed by atoms with Gasteiger partial charge in [0.1, 0.15) is 6.04 Å². The van der Waals surface area contributed by atoms with Gasteiger partial charge in [0.15, 0.2) is 0 Å². The molecule has 0 aromatic heterocycles. The standard InChI is InChI=1S/C22H31N3O4/c1-15-3-5-17(6-4-15)20(26)24-19(21(27)23-11-14-29-2)16-9-12-25(13-10-16)22(28)18-7-8-18/h3-6,16,18-19H,7-14H2,1-2H3,(H,23,27)(H,24,26)/t19-/m1/s1. The molecule has 1 aliphatic heterocycles. The van der Waals surface area contributed by atoms with Crippen molar-refractivity contribution in [3.05, 3.63) is 35.4 Å². The van der Waals surface area contributed by atoms with Crippen LogP contribution in [0.1, 0.15) is 41.6 Å². The van der Waals surface area contributed by atoms with Crippen molar-refractivity contribution in [2.75, 3.05) is 33.4 Å². The maximum atomic E-state index is 12.8. The van der Waals surface area contributed by atoms with Crippen molar-refractivity contribution in [3.8, 4) is 0 Å². The van der Waals surface area contributed by atoms with Gasteiger partial charge in [0.2, 0.25) is 11.8 Å². The molecule has 7 nitrogen and oxygen atoms in total. The SMILES string of the molecule is COCCNC(=O)[C@H](NC(=O)c1ccc(C)cc1)C1CCN(C(=O)C2CC2)CC1. The van der Waals surface area contributed by atoms with Crippen LogP contribution in [0.4, 0.5) is 0 Å². The number of methoxy groups -OCH3 is 1. The van der Waals surface area contributed by atoms with Gasteiger partial charge >= 0.3 is 0 Å². The Morgan fingerprint density at radius 1 is 1.10 bits per heavy atom. The van der Waals surface area contributed by atoms with E-state index in [0.29, 0.717) is 44.6 Å². The fraction of sp³-hybridized carbons (Fsp3) is 0.591. The maximum Gasteiger partial charge on any atom is 0.251 e. The highest BCUT2D eigenvalue weighted by Crippen LogP contribution is 2.33. The lowest BCUT2D eigenvalue weighted by atomic mass is 9.88. The van der Waals surface area contributed by atoms with Gasteiger partial charge in [-0.3, -0.25) is 14.4 Å². The zero-order chi connectivity index (χ0) is 20.8. The molecule has 0 spiro atoms. The second kappa shape index (κ2) is 9.87. The number of hydrogen-bond donors (Lipinski definition) is 2. The number of nitrogens with one attached hydrogen (secondary N) is 2. The molecule has 2 aliphatic rings. The van der Waals surface area contributed by atoms with Gasteiger partial charge in [-0.05, 0) is 50.7 Å². The third-order valence-electron chi connectivity index (χ3n) is 5.74. The molecule has 0 bridgehead atoms. The van der Waals surface area contributed by atoms with Crippen molar-refractivity contribution < 1.29 is 19.1 Å². The van der Waals surface area contributed by atoms with Crippen molar-refractivity contribution in [1.29, 1.82) is 0 Å². The van der Waals surface area contributed by atoms with E-state index in [1.165, 1.54) is 0 Å². The molecule has 7 heteroatoms. The highest BCUT2D eigenvalue weighted by atomic mass is 16.5. The molecule has 1 aliphatic carbocycles. The van der Waals surface area contributed by atoms with Crippen LogP contribution in [0.3, 0.4) is 0 Å². The number of ether oxygens (including phenoxy) is 1. The summed E-state index contributed by atoms with van der Waals surface area (Å²) in [7, 11) is 1.58. The van der Waals surface area contributed by atoms with E-state index >= 15 is 0 Å². The van der Waals surface area contributed by atoms with Gasteiger partial charge in [0.05, 0.1) is 6.61 Å². The molecule has 0 unspecified atom stereocenters. The van der Waals surface area contributed by atoms with E-state index in [9.17, 15) is 14.4 Å². The third kappa shape index (κ3) is 5.79. The van der Waals surface area contributed by atoms with Gasteiger partial charge in [-0.2, -0.15) is 0 Å². The van der Waals surface area contributed by atoms with Gasteiger partial charge in [-0.15, -0.1) is 0 Å². The first-order valence-electron chi connectivity index (χ1n) is 10.4. The van der Waals surface area contributed by atoms with Crippen molar-refractivity contribution in [2.45, 2.75) is 38.6 Å². The van der Waals surface area contributed by atoms with E-state index in [1.54, 1.807) is 19.2 Å². The monoisotopic (exact) mass is 401 g/mol. The molecule has 1 aromatic rings. The highest BCUT2D eigenvalue weighted by molar-refractivity contribution is 5.97. The van der Waals surface area contributed by atoms with Crippen LogP contribution in [0.15, 0.2) is 24.3 Å². The summed E-state index contributed by atoms with van der Waals surface area (Å²) >= 11 is 0. The quantitative estimate of drug-likeness (QED) is 0.647. The fourth-order valence-corrected chi connectivity index (χ4v) is 3.75. The first-order valence-corrected chi connectivity index (χ1v) is 10.4. The topological polar surface area (TPSA) is 87.7 Å². The largest absolute Gasteiger partial charge is 0.383 e. The third-order valence-corrected chi connectivity index (χ3v) is 5.74. The molecular weight excluding hydrogens is 370 g/mol. The summed E-state index contributed by atoms with van der Waals surface area (Å²) in [5, 5.41) is 5.78. The number of nitrogens with zero attached hydrogens (tertiary/aromatic N) is 1. The van der Waals surface area contributed by atoms with E-state index < -0.39 is 6.04 Å². The molecule has 1 heterocycles. The minimum atomic E-state index is -0.626. The summed E-state index contributed by atoms with van der Waals surface area (Å²) in [6.07, 6.45) is 3.40. The van der Waals surface area contributed by atoms with Crippen LogP contribution >= 0.6 is 0 Å². The second-order valence-electron chi connectivity index (χ2n) is 8.04. The number of likely N-dealkylation sites (tertiary alicyclic amines) is 1. The van der Waals surface area contributed by atoms with Crippen LogP contribution in [0.5, 0.6) is 0 Å². The number of benzene rings is 1. The Bertz CT molecular complexity index is 722. The minimum Gasteiger partial charge on any atom is -0.383 e. The predicted octanol–water partition coefficient (Wildman–Crippen LogP) is 1.50. The number of rotatable bonds is 8. The minimum absolute atomic E-state index is 0.00445. The first kappa shape index (κ1) is 21.3. The smallest absolute Gasteiger partial charge is 0.251 e. The Kier molecular flexibility index (Phi) is 7.25. The molecule has 1 saturated heterocycles. The number of piperidine rings is 1. The summed E-state index contributed by atoms with van der Waals surface area (Å²) in [4.78, 5) is 39.8. The number of carbonyl (C=O) groups is 3. The number of hydrogen-bond acceptors (Lipinski definition) is 4. The molecule has 3 amide bonds. The Morgan fingerprint density at radius 2 is 1.76 bits per heavy atom. The van der Waals surface area contributed by atoms with Crippen LogP contribution in [0.2, 0.25) is 0 Å². The molecule has 1 aromatic carbocycles. The maximum absolute atomic E-state index is 12.8. The fourth-order valence-electron chi connectivity index (χ4n) is 3.75. The van der Waals surface area contributed by atoms with Crippen LogP contribution in [0.25, 0.3) is 0 Å². The summed E-state index contributed by atoms with van der Waals surface area (Å²) in [5.74, 6) is -0.00720. The lowest BCUT2D eigenvalue weighted by Gasteiger charge is -2.36. The van der Waals surface area contributed by atoms with E-state index in [2.05, 4.69) is 10.6 Å². The van der Waals surface area contributed by atoms with Crippen molar-refractivity contribution in [2.24, 2.45) is 11.8 Å². The second-order valence-corrected chi connectivity index (χ2v) is 8.04. The van der Waals surface area contributed by atoms with E-state index in [4.69, 9.17) is 4.74 Å². The van der Waals surface area contributed by atoms with Gasteiger partial charge < -0.3 is 20.3 Å². The molecular formula is C22H31N3O4. The zero-order valence-electron chi connectivity index (χ0n) is 17.3. The summed E-state index contributed by atoms with van der Waals surface area (Å²) in [5.41, 5.74) is 1.61. The number of carbonyl (C=O) groups excluding carboxylic acids is 3. The first-order chi connectivity index (χ1) is 14.0. The Morgan fingerprint density at radius 3 is 2.34 bits per heavy atom. The zero-order valence-corrected chi connectivity index (χ0v) is 17.3. The lowest BCUT2D eigenvalue weighted by Crippen LogP contribution is -2.54. The van der Waals surface area contributed by atoms with Gasteiger partial charge in [0.25, 0.3) is 5.91 Å². The number of aryl methyl sites for hydroxylation is 1. The molecule has 29 heavy (non-hydrogen) atoms. The van der Waals surface area contributed by atoms with E-state index in [1.807, 2.05) is 24.0 Å². The summed E-state index contributed by atoms with van der Waals surface area (Å²) < 4.78 is 5.00.